The first-order valence-electron chi connectivity index (χ1n) is 11.3. The number of rotatable bonds is 6. The normalized spacial score (nSPS) is 16.1. The summed E-state index contributed by atoms with van der Waals surface area (Å²) in [5.74, 6) is 1.84. The van der Waals surface area contributed by atoms with E-state index >= 15 is 0 Å². The van der Waals surface area contributed by atoms with Gasteiger partial charge in [-0.25, -0.2) is 4.98 Å². The molecule has 3 aromatic rings. The Labute approximate surface area is 192 Å². The predicted octanol–water partition coefficient (Wildman–Crippen LogP) is 5.11. The van der Waals surface area contributed by atoms with Crippen molar-refractivity contribution in [1.29, 1.82) is 0 Å². The van der Waals surface area contributed by atoms with Gasteiger partial charge in [0.25, 0.3) is 5.56 Å². The third kappa shape index (κ3) is 4.88. The quantitative estimate of drug-likeness (QED) is 0.543. The molecule has 0 fully saturated rings. The van der Waals surface area contributed by atoms with Crippen LogP contribution in [-0.4, -0.2) is 22.5 Å². The monoisotopic (exact) mass is 453 g/mol. The molecule has 0 spiro atoms. The van der Waals surface area contributed by atoms with E-state index in [1.54, 1.807) is 11.3 Å². The number of ether oxygens (including phenoxy) is 1. The Balaban J connectivity index is 1.44. The maximum absolute atomic E-state index is 12.8. The summed E-state index contributed by atoms with van der Waals surface area (Å²) < 4.78 is 5.42. The molecule has 1 aliphatic carbocycles. The van der Waals surface area contributed by atoms with Crippen LogP contribution in [0.3, 0.4) is 0 Å². The van der Waals surface area contributed by atoms with Gasteiger partial charge in [-0.1, -0.05) is 20.8 Å². The van der Waals surface area contributed by atoms with Crippen LogP contribution in [0.1, 0.15) is 56.8 Å². The van der Waals surface area contributed by atoms with Crippen LogP contribution in [0, 0.1) is 11.3 Å². The first kappa shape index (κ1) is 22.5. The molecule has 1 aliphatic rings. The number of hydrogen-bond donors (Lipinski definition) is 2. The minimum Gasteiger partial charge on any atom is -0.494 e. The van der Waals surface area contributed by atoms with Gasteiger partial charge in [0.2, 0.25) is 5.91 Å². The number of hydrogen-bond acceptors (Lipinski definition) is 5. The second-order valence-electron chi connectivity index (χ2n) is 9.51. The number of aromatic nitrogens is 2. The molecule has 0 saturated carbocycles. The molecular weight excluding hydrogens is 422 g/mol. The standard InChI is InChI=1S/C25H31N3O3S/c1-5-31-17-9-7-16(8-10-17)26-21(29)13-12-20-27-23(30)22-18-11-6-15(25(2,3)4)14-19(18)32-24(22)28-20/h7-10,15H,5-6,11-14H2,1-4H3,(H,26,29)(H,27,28,30). The average Bonchev–Trinajstić information content (AvgIpc) is 3.11. The maximum atomic E-state index is 12.8. The zero-order valence-corrected chi connectivity index (χ0v) is 20.0. The third-order valence-electron chi connectivity index (χ3n) is 6.23. The van der Waals surface area contributed by atoms with Gasteiger partial charge in [-0.15, -0.1) is 11.3 Å². The SMILES string of the molecule is CCOc1ccc(NC(=O)CCc2nc3sc4c(c3c(=O)[nH]2)CCC(C(C)(C)C)C4)cc1. The Morgan fingerprint density at radius 1 is 1.28 bits per heavy atom. The Kier molecular flexibility index (Phi) is 6.38. The first-order chi connectivity index (χ1) is 15.2. The first-order valence-corrected chi connectivity index (χ1v) is 12.1. The van der Waals surface area contributed by atoms with Crippen LogP contribution in [-0.2, 0) is 24.1 Å². The van der Waals surface area contributed by atoms with Crippen LogP contribution in [0.15, 0.2) is 29.1 Å². The van der Waals surface area contributed by atoms with E-state index in [1.165, 1.54) is 10.4 Å². The lowest BCUT2D eigenvalue weighted by Crippen LogP contribution is -2.26. The van der Waals surface area contributed by atoms with E-state index < -0.39 is 0 Å². The fourth-order valence-corrected chi connectivity index (χ4v) is 5.66. The molecule has 32 heavy (non-hydrogen) atoms. The van der Waals surface area contributed by atoms with Gasteiger partial charge < -0.3 is 15.0 Å². The summed E-state index contributed by atoms with van der Waals surface area (Å²) in [6.07, 6.45) is 3.69. The van der Waals surface area contributed by atoms with Crippen molar-refractivity contribution in [3.8, 4) is 5.75 Å². The number of benzene rings is 1. The molecule has 2 N–H and O–H groups in total. The van der Waals surface area contributed by atoms with Gasteiger partial charge in [-0.3, -0.25) is 9.59 Å². The van der Waals surface area contributed by atoms with Gasteiger partial charge in [0, 0.05) is 23.4 Å². The highest BCUT2D eigenvalue weighted by atomic mass is 32.1. The van der Waals surface area contributed by atoms with Gasteiger partial charge >= 0.3 is 0 Å². The number of fused-ring (bicyclic) bond motifs is 3. The molecule has 0 saturated heterocycles. The number of nitrogens with one attached hydrogen (secondary N) is 2. The molecule has 170 valence electrons. The molecule has 2 heterocycles. The second kappa shape index (κ2) is 9.06. The predicted molar refractivity (Wildman–Crippen MR) is 130 cm³/mol. The Morgan fingerprint density at radius 3 is 2.72 bits per heavy atom. The molecule has 1 aromatic carbocycles. The summed E-state index contributed by atoms with van der Waals surface area (Å²) in [4.78, 5) is 34.9. The summed E-state index contributed by atoms with van der Waals surface area (Å²) in [6, 6.07) is 7.29. The molecule has 6 nitrogen and oxygen atoms in total. The van der Waals surface area contributed by atoms with Gasteiger partial charge in [-0.05, 0) is 67.3 Å². The number of carbonyl (C=O) groups excluding carboxylic acids is 1. The van der Waals surface area contributed by atoms with E-state index in [2.05, 4.69) is 31.1 Å². The fourth-order valence-electron chi connectivity index (χ4n) is 4.34. The van der Waals surface area contributed by atoms with E-state index in [0.29, 0.717) is 24.8 Å². The fraction of sp³-hybridized carbons (Fsp3) is 0.480. The topological polar surface area (TPSA) is 84.1 Å². The van der Waals surface area contributed by atoms with E-state index in [9.17, 15) is 9.59 Å². The van der Waals surface area contributed by atoms with E-state index in [1.807, 2.05) is 31.2 Å². The Morgan fingerprint density at radius 2 is 2.03 bits per heavy atom. The highest BCUT2D eigenvalue weighted by molar-refractivity contribution is 7.18. The third-order valence-corrected chi connectivity index (χ3v) is 7.38. The minimum absolute atomic E-state index is 0.0800. The van der Waals surface area contributed by atoms with Crippen LogP contribution in [0.25, 0.3) is 10.2 Å². The van der Waals surface area contributed by atoms with Crippen molar-refractivity contribution in [2.45, 2.75) is 59.8 Å². The molecule has 1 atom stereocenters. The van der Waals surface area contributed by atoms with Crippen molar-refractivity contribution in [3.63, 3.8) is 0 Å². The van der Waals surface area contributed by atoms with E-state index in [0.717, 1.165) is 40.9 Å². The average molecular weight is 454 g/mol. The van der Waals surface area contributed by atoms with Crippen molar-refractivity contribution in [2.75, 3.05) is 11.9 Å². The van der Waals surface area contributed by atoms with Gasteiger partial charge in [0.15, 0.2) is 0 Å². The van der Waals surface area contributed by atoms with Gasteiger partial charge in [-0.2, -0.15) is 0 Å². The lowest BCUT2D eigenvalue weighted by Gasteiger charge is -2.33. The van der Waals surface area contributed by atoms with Gasteiger partial charge in [0.1, 0.15) is 16.4 Å². The highest BCUT2D eigenvalue weighted by Gasteiger charge is 2.31. The lowest BCUT2D eigenvalue weighted by atomic mass is 9.72. The smallest absolute Gasteiger partial charge is 0.259 e. The second-order valence-corrected chi connectivity index (χ2v) is 10.6. The number of nitrogens with zero attached hydrogens (tertiary/aromatic N) is 1. The number of carbonyl (C=O) groups is 1. The van der Waals surface area contributed by atoms with Gasteiger partial charge in [0.05, 0.1) is 12.0 Å². The minimum atomic E-state index is -0.115. The molecule has 0 aliphatic heterocycles. The summed E-state index contributed by atoms with van der Waals surface area (Å²) in [5, 5.41) is 3.63. The summed E-state index contributed by atoms with van der Waals surface area (Å²) in [5.41, 5.74) is 2.08. The molecule has 1 unspecified atom stereocenters. The molecule has 7 heteroatoms. The molecular formula is C25H31N3O3S. The molecule has 0 radical (unpaired) electrons. The van der Waals surface area contributed by atoms with Crippen molar-refractivity contribution < 1.29 is 9.53 Å². The maximum Gasteiger partial charge on any atom is 0.259 e. The van der Waals surface area contributed by atoms with Crippen LogP contribution in [0.5, 0.6) is 5.75 Å². The Hall–Kier alpha value is -2.67. The molecule has 2 aromatic heterocycles. The van der Waals surface area contributed by atoms with E-state index in [4.69, 9.17) is 9.72 Å². The molecule has 4 rings (SSSR count). The number of H-pyrrole nitrogens is 1. The lowest BCUT2D eigenvalue weighted by molar-refractivity contribution is -0.116. The summed E-state index contributed by atoms with van der Waals surface area (Å²) in [7, 11) is 0. The zero-order valence-electron chi connectivity index (χ0n) is 19.2. The largest absolute Gasteiger partial charge is 0.494 e. The zero-order chi connectivity index (χ0) is 22.9. The number of anilines is 1. The van der Waals surface area contributed by atoms with Crippen LogP contribution in [0.4, 0.5) is 5.69 Å². The van der Waals surface area contributed by atoms with Crippen molar-refractivity contribution in [2.24, 2.45) is 11.3 Å². The number of amides is 1. The summed E-state index contributed by atoms with van der Waals surface area (Å²) in [6.45, 7) is 9.40. The molecule has 1 amide bonds. The van der Waals surface area contributed by atoms with Crippen LogP contribution < -0.4 is 15.6 Å². The highest BCUT2D eigenvalue weighted by Crippen LogP contribution is 2.42. The van der Waals surface area contributed by atoms with Crippen molar-refractivity contribution >= 4 is 33.1 Å². The summed E-state index contributed by atoms with van der Waals surface area (Å²) >= 11 is 1.65. The van der Waals surface area contributed by atoms with E-state index in [-0.39, 0.29) is 23.3 Å². The van der Waals surface area contributed by atoms with Crippen LogP contribution in [0.2, 0.25) is 0 Å². The number of aryl methyl sites for hydroxylation is 2. The van der Waals surface area contributed by atoms with Crippen molar-refractivity contribution in [3.05, 3.63) is 50.9 Å². The van der Waals surface area contributed by atoms with Crippen molar-refractivity contribution in [1.82, 2.24) is 9.97 Å². The number of thiophene rings is 1. The van der Waals surface area contributed by atoms with Crippen LogP contribution >= 0.6 is 11.3 Å². The number of aromatic amines is 1. The molecule has 0 bridgehead atoms. The Bertz CT molecular complexity index is 1170.